The molecule has 0 saturated carbocycles. The van der Waals surface area contributed by atoms with E-state index >= 15 is 0 Å². The summed E-state index contributed by atoms with van der Waals surface area (Å²) in [5.41, 5.74) is 0.602. The molecule has 1 amide bonds. The first-order chi connectivity index (χ1) is 8.47. The zero-order valence-corrected chi connectivity index (χ0v) is 8.86. The first-order valence-electron chi connectivity index (χ1n) is 4.86. The van der Waals surface area contributed by atoms with Crippen molar-refractivity contribution in [2.24, 2.45) is 0 Å². The molecule has 1 N–H and O–H groups in total. The molecule has 18 heavy (non-hydrogen) atoms. The molecule has 0 unspecified atom stereocenters. The number of amides is 1. The van der Waals surface area contributed by atoms with E-state index in [1.54, 1.807) is 35.6 Å². The first kappa shape index (κ1) is 12.2. The van der Waals surface area contributed by atoms with Gasteiger partial charge in [0.2, 0.25) is 11.8 Å². The number of alkyl halides is 3. The third-order valence-electron chi connectivity index (χ3n) is 2.02. The van der Waals surface area contributed by atoms with E-state index < -0.39 is 12.1 Å². The molecule has 2 rings (SSSR count). The van der Waals surface area contributed by atoms with Crippen LogP contribution in [0.5, 0.6) is 0 Å². The Balaban J connectivity index is 2.15. The summed E-state index contributed by atoms with van der Waals surface area (Å²) >= 11 is 0. The van der Waals surface area contributed by atoms with Crippen molar-refractivity contribution < 1.29 is 22.4 Å². The molecule has 0 saturated heterocycles. The van der Waals surface area contributed by atoms with E-state index in [2.05, 4.69) is 4.98 Å². The summed E-state index contributed by atoms with van der Waals surface area (Å²) in [6.07, 6.45) is -3.94. The van der Waals surface area contributed by atoms with Gasteiger partial charge in [-0.1, -0.05) is 18.2 Å². The molecule has 0 spiro atoms. The smallest absolute Gasteiger partial charge is 0.420 e. The number of rotatable bonds is 2. The second kappa shape index (κ2) is 4.52. The van der Waals surface area contributed by atoms with Crippen LogP contribution in [0.25, 0.3) is 11.5 Å². The highest BCUT2D eigenvalue weighted by Crippen LogP contribution is 2.23. The number of nitrogens with one attached hydrogen (secondary N) is 1. The lowest BCUT2D eigenvalue weighted by atomic mass is 10.2. The molecule has 94 valence electrons. The van der Waals surface area contributed by atoms with Gasteiger partial charge in [-0.15, -0.1) is 0 Å². The van der Waals surface area contributed by atoms with Gasteiger partial charge in [0.05, 0.1) is 6.20 Å². The van der Waals surface area contributed by atoms with Crippen molar-refractivity contribution in [3.8, 4) is 11.5 Å². The minimum Gasteiger partial charge on any atom is -0.420 e. The van der Waals surface area contributed by atoms with Gasteiger partial charge < -0.3 is 4.42 Å². The summed E-state index contributed by atoms with van der Waals surface area (Å²) in [4.78, 5) is 14.4. The molecule has 0 aliphatic rings. The van der Waals surface area contributed by atoms with Crippen LogP contribution < -0.4 is 5.32 Å². The Morgan fingerprint density at radius 1 is 1.22 bits per heavy atom. The van der Waals surface area contributed by atoms with E-state index in [1.165, 1.54) is 0 Å². The zero-order chi connectivity index (χ0) is 13.2. The molecule has 1 aromatic carbocycles. The van der Waals surface area contributed by atoms with Gasteiger partial charge in [-0.3, -0.25) is 10.1 Å². The summed E-state index contributed by atoms with van der Waals surface area (Å²) < 4.78 is 41.0. The van der Waals surface area contributed by atoms with Crippen molar-refractivity contribution in [1.82, 2.24) is 4.98 Å². The standard InChI is InChI=1S/C11H7F3N2O2/c12-11(13,14)10(17)16-8-6-15-9(18-8)7-4-2-1-3-5-7/h1-6H,(H,16,17). The summed E-state index contributed by atoms with van der Waals surface area (Å²) in [5.74, 6) is -2.32. The van der Waals surface area contributed by atoms with E-state index in [-0.39, 0.29) is 11.8 Å². The Morgan fingerprint density at radius 2 is 1.89 bits per heavy atom. The van der Waals surface area contributed by atoms with Crippen LogP contribution in [0.4, 0.5) is 19.1 Å². The van der Waals surface area contributed by atoms with Crippen molar-refractivity contribution >= 4 is 11.8 Å². The van der Waals surface area contributed by atoms with Crippen LogP contribution in [0.3, 0.4) is 0 Å². The topological polar surface area (TPSA) is 55.1 Å². The predicted molar refractivity (Wildman–Crippen MR) is 56.6 cm³/mol. The van der Waals surface area contributed by atoms with Crippen LogP contribution in [0.2, 0.25) is 0 Å². The predicted octanol–water partition coefficient (Wildman–Crippen LogP) is 2.84. The van der Waals surface area contributed by atoms with E-state index in [1.807, 2.05) is 0 Å². The highest BCUT2D eigenvalue weighted by Gasteiger charge is 2.39. The van der Waals surface area contributed by atoms with Gasteiger partial charge in [0.25, 0.3) is 0 Å². The van der Waals surface area contributed by atoms with E-state index in [9.17, 15) is 18.0 Å². The molecular weight excluding hydrogens is 249 g/mol. The molecule has 0 bridgehead atoms. The number of oxazole rings is 1. The summed E-state index contributed by atoms with van der Waals surface area (Å²) in [7, 11) is 0. The molecular formula is C11H7F3N2O2. The minimum absolute atomic E-state index is 0.132. The quantitative estimate of drug-likeness (QED) is 0.898. The Hall–Kier alpha value is -2.31. The fraction of sp³-hybridized carbons (Fsp3) is 0.0909. The van der Waals surface area contributed by atoms with Gasteiger partial charge in [0, 0.05) is 5.56 Å². The van der Waals surface area contributed by atoms with Crippen LogP contribution in [-0.2, 0) is 4.79 Å². The van der Waals surface area contributed by atoms with E-state index in [0.717, 1.165) is 6.20 Å². The number of benzene rings is 1. The summed E-state index contributed by atoms with van der Waals surface area (Å²) in [6, 6.07) is 8.60. The Labute approximate surface area is 99.4 Å². The first-order valence-corrected chi connectivity index (χ1v) is 4.86. The lowest BCUT2D eigenvalue weighted by Crippen LogP contribution is -2.29. The summed E-state index contributed by atoms with van der Waals surface area (Å²) in [5, 5.41) is 1.58. The second-order valence-electron chi connectivity index (χ2n) is 3.35. The lowest BCUT2D eigenvalue weighted by molar-refractivity contribution is -0.167. The van der Waals surface area contributed by atoms with Gasteiger partial charge in [0.1, 0.15) is 0 Å². The summed E-state index contributed by atoms with van der Waals surface area (Å²) in [6.45, 7) is 0. The van der Waals surface area contributed by atoms with Gasteiger partial charge in [0.15, 0.2) is 0 Å². The van der Waals surface area contributed by atoms with Gasteiger partial charge >= 0.3 is 12.1 Å². The molecule has 0 atom stereocenters. The minimum atomic E-state index is -4.96. The van der Waals surface area contributed by atoms with Crippen LogP contribution in [0.15, 0.2) is 40.9 Å². The average Bonchev–Trinajstić information content (AvgIpc) is 2.77. The maximum atomic E-state index is 12.0. The molecule has 2 aromatic rings. The molecule has 0 aliphatic carbocycles. The average molecular weight is 256 g/mol. The van der Waals surface area contributed by atoms with Crippen molar-refractivity contribution in [3.63, 3.8) is 0 Å². The number of nitrogens with zero attached hydrogens (tertiary/aromatic N) is 1. The number of hydrogen-bond acceptors (Lipinski definition) is 3. The zero-order valence-electron chi connectivity index (χ0n) is 8.86. The van der Waals surface area contributed by atoms with Crippen LogP contribution in [-0.4, -0.2) is 17.1 Å². The third-order valence-corrected chi connectivity index (χ3v) is 2.02. The highest BCUT2D eigenvalue weighted by atomic mass is 19.4. The maximum absolute atomic E-state index is 12.0. The Kier molecular flexibility index (Phi) is 3.05. The normalized spacial score (nSPS) is 11.3. The SMILES string of the molecule is O=C(Nc1cnc(-c2ccccc2)o1)C(F)(F)F. The van der Waals surface area contributed by atoms with Gasteiger partial charge in [-0.05, 0) is 12.1 Å². The molecule has 0 aliphatic heterocycles. The van der Waals surface area contributed by atoms with Crippen LogP contribution in [0, 0.1) is 0 Å². The number of halogens is 3. The number of aromatic nitrogens is 1. The third kappa shape index (κ3) is 2.68. The largest absolute Gasteiger partial charge is 0.471 e. The Morgan fingerprint density at radius 3 is 2.50 bits per heavy atom. The fourth-order valence-corrected chi connectivity index (χ4v) is 1.23. The molecule has 4 nitrogen and oxygen atoms in total. The van der Waals surface area contributed by atoms with Crippen LogP contribution >= 0.6 is 0 Å². The molecule has 1 heterocycles. The molecule has 1 aromatic heterocycles. The van der Waals surface area contributed by atoms with E-state index in [4.69, 9.17) is 4.42 Å². The maximum Gasteiger partial charge on any atom is 0.471 e. The lowest BCUT2D eigenvalue weighted by Gasteiger charge is -2.04. The fourth-order valence-electron chi connectivity index (χ4n) is 1.23. The number of carbonyl (C=O) groups is 1. The number of carbonyl (C=O) groups excluding carboxylic acids is 1. The second-order valence-corrected chi connectivity index (χ2v) is 3.35. The van der Waals surface area contributed by atoms with Gasteiger partial charge in [-0.25, -0.2) is 4.98 Å². The molecule has 0 radical (unpaired) electrons. The molecule has 7 heteroatoms. The number of anilines is 1. The number of hydrogen-bond donors (Lipinski definition) is 1. The van der Waals surface area contributed by atoms with E-state index in [0.29, 0.717) is 5.56 Å². The van der Waals surface area contributed by atoms with Crippen molar-refractivity contribution in [3.05, 3.63) is 36.5 Å². The highest BCUT2D eigenvalue weighted by molar-refractivity contribution is 5.93. The monoisotopic (exact) mass is 256 g/mol. The van der Waals surface area contributed by atoms with Crippen molar-refractivity contribution in [1.29, 1.82) is 0 Å². The molecule has 0 fully saturated rings. The van der Waals surface area contributed by atoms with Crippen LogP contribution in [0.1, 0.15) is 0 Å². The van der Waals surface area contributed by atoms with Gasteiger partial charge in [-0.2, -0.15) is 13.2 Å². The Bertz CT molecular complexity index is 549. The van der Waals surface area contributed by atoms with Crippen molar-refractivity contribution in [2.45, 2.75) is 6.18 Å². The van der Waals surface area contributed by atoms with Crippen molar-refractivity contribution in [2.75, 3.05) is 5.32 Å².